The molecule has 240 valence electrons. The van der Waals surface area contributed by atoms with E-state index >= 15 is 0 Å². The van der Waals surface area contributed by atoms with Gasteiger partial charge < -0.3 is 29.7 Å². The molecule has 2 aromatic carbocycles. The molecular formula is C37H44N6O3. The molecule has 2 N–H and O–H groups in total. The van der Waals surface area contributed by atoms with Gasteiger partial charge in [0.05, 0.1) is 5.92 Å². The van der Waals surface area contributed by atoms with Crippen molar-refractivity contribution in [3.05, 3.63) is 78.6 Å². The summed E-state index contributed by atoms with van der Waals surface area (Å²) in [4.78, 5) is 41.3. The summed E-state index contributed by atoms with van der Waals surface area (Å²) in [6, 6.07) is 21.0. The maximum absolute atomic E-state index is 14.1. The predicted octanol–water partition coefficient (Wildman–Crippen LogP) is 5.23. The topological polar surface area (TPSA) is 93.8 Å². The van der Waals surface area contributed by atoms with Gasteiger partial charge in [-0.2, -0.15) is 0 Å². The summed E-state index contributed by atoms with van der Waals surface area (Å²) in [6.07, 6.45) is 7.81. The van der Waals surface area contributed by atoms with Crippen LogP contribution in [0.4, 0.5) is 5.69 Å². The van der Waals surface area contributed by atoms with Gasteiger partial charge in [0.1, 0.15) is 11.4 Å². The Hall–Kier alpha value is -4.37. The van der Waals surface area contributed by atoms with Crippen LogP contribution in [0.1, 0.15) is 45.1 Å². The molecule has 7 rings (SSSR count). The van der Waals surface area contributed by atoms with Gasteiger partial charge in [0.2, 0.25) is 5.91 Å². The first-order valence-corrected chi connectivity index (χ1v) is 16.7. The molecule has 0 radical (unpaired) electrons. The second-order valence-electron chi connectivity index (χ2n) is 13.4. The summed E-state index contributed by atoms with van der Waals surface area (Å²) in [7, 11) is 0. The predicted molar refractivity (Wildman–Crippen MR) is 181 cm³/mol. The molecule has 1 aliphatic carbocycles. The molecule has 46 heavy (non-hydrogen) atoms. The Morgan fingerprint density at radius 2 is 1.80 bits per heavy atom. The number of piperidine rings is 1. The van der Waals surface area contributed by atoms with Crippen molar-refractivity contribution in [3.8, 4) is 16.9 Å². The molecule has 2 amide bonds. The Morgan fingerprint density at radius 1 is 1.00 bits per heavy atom. The van der Waals surface area contributed by atoms with Crippen LogP contribution in [-0.2, 0) is 16.1 Å². The molecule has 2 aliphatic heterocycles. The molecule has 3 fully saturated rings. The number of piperazine rings is 1. The van der Waals surface area contributed by atoms with Crippen LogP contribution >= 0.6 is 0 Å². The van der Waals surface area contributed by atoms with E-state index in [9.17, 15) is 9.59 Å². The third-order valence-corrected chi connectivity index (χ3v) is 9.59. The SMILES string of the molecule is CC(C)(Oc1cccc(N2CCCC(C(=O)N(Cc3ccc(-c4c[nH]c5ncccc45)cc3)C3CC3)C2)c1)C(=O)N1CCNCC1. The molecule has 9 heteroatoms. The van der Waals surface area contributed by atoms with Crippen molar-refractivity contribution in [2.24, 2.45) is 5.92 Å². The highest BCUT2D eigenvalue weighted by Crippen LogP contribution is 2.34. The van der Waals surface area contributed by atoms with E-state index in [1.165, 1.54) is 0 Å². The molecule has 4 aromatic rings. The van der Waals surface area contributed by atoms with Gasteiger partial charge in [-0.1, -0.05) is 30.3 Å². The zero-order valence-electron chi connectivity index (χ0n) is 26.9. The van der Waals surface area contributed by atoms with Crippen LogP contribution in [0.25, 0.3) is 22.2 Å². The van der Waals surface area contributed by atoms with Crippen molar-refractivity contribution in [2.75, 3.05) is 44.2 Å². The quantitative estimate of drug-likeness (QED) is 0.266. The Labute approximate surface area is 270 Å². The number of H-pyrrole nitrogens is 1. The molecule has 1 saturated carbocycles. The van der Waals surface area contributed by atoms with Gasteiger partial charge in [-0.3, -0.25) is 9.59 Å². The van der Waals surface area contributed by atoms with Crippen LogP contribution in [0.15, 0.2) is 73.1 Å². The number of carbonyl (C=O) groups is 2. The van der Waals surface area contributed by atoms with Crippen LogP contribution in [0.5, 0.6) is 5.75 Å². The summed E-state index contributed by atoms with van der Waals surface area (Å²) < 4.78 is 6.30. The van der Waals surface area contributed by atoms with Crippen molar-refractivity contribution < 1.29 is 14.3 Å². The molecule has 2 aromatic heterocycles. The summed E-state index contributed by atoms with van der Waals surface area (Å²) in [5.41, 5.74) is 4.37. The second kappa shape index (κ2) is 12.8. The molecular weight excluding hydrogens is 576 g/mol. The molecule has 0 bridgehead atoms. The Kier molecular flexibility index (Phi) is 8.42. The summed E-state index contributed by atoms with van der Waals surface area (Å²) in [5.74, 6) is 0.885. The van der Waals surface area contributed by atoms with Crippen molar-refractivity contribution in [2.45, 2.75) is 57.7 Å². The van der Waals surface area contributed by atoms with E-state index in [0.29, 0.717) is 38.0 Å². The average Bonchev–Trinajstić information content (AvgIpc) is 3.85. The van der Waals surface area contributed by atoms with Crippen molar-refractivity contribution in [1.29, 1.82) is 0 Å². The number of nitrogens with one attached hydrogen (secondary N) is 2. The first-order valence-electron chi connectivity index (χ1n) is 16.7. The second-order valence-corrected chi connectivity index (χ2v) is 13.4. The monoisotopic (exact) mass is 620 g/mol. The van der Waals surface area contributed by atoms with E-state index in [0.717, 1.165) is 78.7 Å². The number of hydrogen-bond acceptors (Lipinski definition) is 6. The van der Waals surface area contributed by atoms with Crippen LogP contribution in [0.3, 0.4) is 0 Å². The van der Waals surface area contributed by atoms with E-state index in [-0.39, 0.29) is 17.7 Å². The van der Waals surface area contributed by atoms with Gasteiger partial charge in [0.25, 0.3) is 5.91 Å². The number of carbonyl (C=O) groups excluding carboxylic acids is 2. The molecule has 3 aliphatic rings. The lowest BCUT2D eigenvalue weighted by Crippen LogP contribution is -2.54. The lowest BCUT2D eigenvalue weighted by Gasteiger charge is -2.37. The van der Waals surface area contributed by atoms with E-state index < -0.39 is 5.60 Å². The Balaban J connectivity index is 1.01. The maximum atomic E-state index is 14.1. The highest BCUT2D eigenvalue weighted by atomic mass is 16.5. The summed E-state index contributed by atoms with van der Waals surface area (Å²) in [5, 5.41) is 4.40. The number of rotatable bonds is 9. The number of aromatic nitrogens is 2. The fourth-order valence-electron chi connectivity index (χ4n) is 6.93. The minimum absolute atomic E-state index is 0.00751. The number of benzene rings is 2. The number of amides is 2. The Morgan fingerprint density at radius 3 is 2.59 bits per heavy atom. The molecule has 4 heterocycles. The van der Waals surface area contributed by atoms with E-state index in [4.69, 9.17) is 4.74 Å². The average molecular weight is 621 g/mol. The van der Waals surface area contributed by atoms with Gasteiger partial charge in [0.15, 0.2) is 5.60 Å². The smallest absolute Gasteiger partial charge is 0.266 e. The zero-order chi connectivity index (χ0) is 31.7. The van der Waals surface area contributed by atoms with Crippen molar-refractivity contribution >= 4 is 28.5 Å². The molecule has 9 nitrogen and oxygen atoms in total. The van der Waals surface area contributed by atoms with Crippen LogP contribution < -0.4 is 15.0 Å². The standard InChI is InChI=1S/C37H44N6O3/c1-37(2,36(45)41-20-17-38-18-21-41)46-31-8-3-7-30(22-31)42-19-5-6-28(25-42)35(44)43(29-14-15-29)24-26-10-12-27(13-11-26)33-23-40-34-32(33)9-4-16-39-34/h3-4,7-13,16,22-23,28-29,38H,5-6,14-15,17-21,24-25H2,1-2H3,(H,39,40). The third kappa shape index (κ3) is 6.47. The van der Waals surface area contributed by atoms with Crippen molar-refractivity contribution in [1.82, 2.24) is 25.1 Å². The first kappa shape index (κ1) is 30.3. The number of hydrogen-bond donors (Lipinski definition) is 2. The zero-order valence-corrected chi connectivity index (χ0v) is 26.9. The van der Waals surface area contributed by atoms with Crippen LogP contribution in [-0.4, -0.2) is 82.5 Å². The number of ether oxygens (including phenoxy) is 1. The number of pyridine rings is 1. The molecule has 1 unspecified atom stereocenters. The van der Waals surface area contributed by atoms with Gasteiger partial charge in [-0.25, -0.2) is 4.98 Å². The van der Waals surface area contributed by atoms with Crippen LogP contribution in [0.2, 0.25) is 0 Å². The summed E-state index contributed by atoms with van der Waals surface area (Å²) in [6.45, 7) is 8.91. The van der Waals surface area contributed by atoms with E-state index in [2.05, 4.69) is 61.5 Å². The van der Waals surface area contributed by atoms with Crippen LogP contribution in [0, 0.1) is 5.92 Å². The minimum Gasteiger partial charge on any atom is -0.478 e. The lowest BCUT2D eigenvalue weighted by molar-refractivity contribution is -0.146. The lowest BCUT2D eigenvalue weighted by atomic mass is 9.95. The minimum atomic E-state index is -0.966. The van der Waals surface area contributed by atoms with Gasteiger partial charge in [-0.05, 0) is 74.9 Å². The maximum Gasteiger partial charge on any atom is 0.266 e. The number of anilines is 1. The Bertz CT molecular complexity index is 1690. The molecule has 0 spiro atoms. The highest BCUT2D eigenvalue weighted by Gasteiger charge is 2.38. The number of aromatic amines is 1. The summed E-state index contributed by atoms with van der Waals surface area (Å²) >= 11 is 0. The van der Waals surface area contributed by atoms with E-state index in [1.807, 2.05) is 49.2 Å². The number of fused-ring (bicyclic) bond motifs is 1. The largest absolute Gasteiger partial charge is 0.478 e. The van der Waals surface area contributed by atoms with Gasteiger partial charge in [0, 0.05) is 87.0 Å². The third-order valence-electron chi connectivity index (χ3n) is 9.59. The van der Waals surface area contributed by atoms with Gasteiger partial charge in [-0.15, -0.1) is 0 Å². The first-order chi connectivity index (χ1) is 22.4. The highest BCUT2D eigenvalue weighted by molar-refractivity contribution is 5.93. The fourth-order valence-corrected chi connectivity index (χ4v) is 6.93. The van der Waals surface area contributed by atoms with E-state index in [1.54, 1.807) is 6.20 Å². The fraction of sp³-hybridized carbons (Fsp3) is 0.432. The molecule has 2 saturated heterocycles. The molecule has 1 atom stereocenters. The van der Waals surface area contributed by atoms with Gasteiger partial charge >= 0.3 is 0 Å². The number of nitrogens with zero attached hydrogens (tertiary/aromatic N) is 4. The van der Waals surface area contributed by atoms with Crippen molar-refractivity contribution in [3.63, 3.8) is 0 Å². The normalized spacial score (nSPS) is 18.9.